The van der Waals surface area contributed by atoms with Gasteiger partial charge in [0.2, 0.25) is 5.89 Å². The molecule has 3 aromatic rings. The Morgan fingerprint density at radius 3 is 2.80 bits per heavy atom. The first-order chi connectivity index (χ1) is 9.56. The van der Waals surface area contributed by atoms with Gasteiger partial charge in [-0.1, -0.05) is 26.0 Å². The monoisotopic (exact) mass is 289 g/mol. The van der Waals surface area contributed by atoms with Crippen molar-refractivity contribution >= 4 is 23.1 Å². The molecule has 20 heavy (non-hydrogen) atoms. The molecule has 0 bridgehead atoms. The second-order valence-electron chi connectivity index (χ2n) is 4.80. The maximum atomic E-state index is 14.0. The molecular formula is C14H12FN3OS. The van der Waals surface area contributed by atoms with Crippen LogP contribution >= 0.6 is 12.2 Å². The Hall–Kier alpha value is -2.08. The fourth-order valence-electron chi connectivity index (χ4n) is 2.05. The van der Waals surface area contributed by atoms with Crippen molar-refractivity contribution in [3.8, 4) is 11.5 Å². The number of halogens is 1. The number of rotatable bonds is 2. The largest absolute Gasteiger partial charge is 0.409 e. The van der Waals surface area contributed by atoms with Gasteiger partial charge in [-0.25, -0.2) is 14.5 Å². The minimum Gasteiger partial charge on any atom is -0.409 e. The van der Waals surface area contributed by atoms with Crippen LogP contribution in [-0.2, 0) is 0 Å². The lowest BCUT2D eigenvalue weighted by Gasteiger charge is -2.09. The summed E-state index contributed by atoms with van der Waals surface area (Å²) in [6.45, 7) is 4.00. The van der Waals surface area contributed by atoms with Gasteiger partial charge in [-0.2, -0.15) is 0 Å². The average Bonchev–Trinajstić information content (AvgIpc) is 2.84. The lowest BCUT2D eigenvalue weighted by atomic mass is 10.0. The van der Waals surface area contributed by atoms with E-state index in [-0.39, 0.29) is 16.6 Å². The molecule has 6 heteroatoms. The van der Waals surface area contributed by atoms with E-state index in [2.05, 4.69) is 15.2 Å². The second kappa shape index (κ2) is 4.79. The maximum absolute atomic E-state index is 14.0. The molecule has 0 aliphatic carbocycles. The van der Waals surface area contributed by atoms with Crippen LogP contribution in [0.4, 0.5) is 4.39 Å². The van der Waals surface area contributed by atoms with E-state index in [9.17, 15) is 4.39 Å². The molecule has 0 atom stereocenters. The van der Waals surface area contributed by atoms with Crippen LogP contribution in [0, 0.1) is 10.7 Å². The first-order valence-electron chi connectivity index (χ1n) is 6.21. The van der Waals surface area contributed by atoms with Crippen LogP contribution < -0.4 is 0 Å². The number of hydrogen-bond acceptors (Lipinski definition) is 4. The van der Waals surface area contributed by atoms with E-state index in [4.69, 9.17) is 16.6 Å². The summed E-state index contributed by atoms with van der Waals surface area (Å²) in [5.41, 5.74) is 1.78. The van der Waals surface area contributed by atoms with E-state index in [0.29, 0.717) is 22.4 Å². The predicted octanol–water partition coefficient (Wildman–Crippen LogP) is 4.21. The number of para-hydroxylation sites is 1. The topological polar surface area (TPSA) is 54.7 Å². The van der Waals surface area contributed by atoms with Gasteiger partial charge in [-0.05, 0) is 30.3 Å². The summed E-state index contributed by atoms with van der Waals surface area (Å²) in [5.74, 6) is 0.148. The molecule has 0 amide bonds. The molecule has 0 saturated heterocycles. The Kier molecular flexibility index (Phi) is 3.10. The Labute approximate surface area is 119 Å². The molecule has 1 N–H and O–H groups in total. The normalized spacial score (nSPS) is 11.4. The highest BCUT2D eigenvalue weighted by Gasteiger charge is 2.15. The van der Waals surface area contributed by atoms with Gasteiger partial charge in [0.1, 0.15) is 11.3 Å². The predicted molar refractivity (Wildman–Crippen MR) is 76.5 cm³/mol. The maximum Gasteiger partial charge on any atom is 0.284 e. The molecule has 4 nitrogen and oxygen atoms in total. The van der Waals surface area contributed by atoms with Gasteiger partial charge in [-0.15, -0.1) is 5.10 Å². The first kappa shape index (κ1) is 12.9. The van der Waals surface area contributed by atoms with E-state index in [0.717, 1.165) is 5.69 Å². The zero-order valence-corrected chi connectivity index (χ0v) is 11.8. The molecule has 0 aliphatic heterocycles. The van der Waals surface area contributed by atoms with Crippen LogP contribution in [0.2, 0.25) is 0 Å². The minimum atomic E-state index is -0.361. The highest BCUT2D eigenvalue weighted by Crippen LogP contribution is 2.30. The van der Waals surface area contributed by atoms with Gasteiger partial charge >= 0.3 is 0 Å². The van der Waals surface area contributed by atoms with Crippen LogP contribution in [0.25, 0.3) is 22.4 Å². The molecule has 0 fully saturated rings. The van der Waals surface area contributed by atoms with Crippen LogP contribution in [-0.4, -0.2) is 15.2 Å². The molecule has 2 aromatic heterocycles. The molecule has 102 valence electrons. The standard InChI is InChI=1S/C14H12FN3OS/c1-7(2)11-6-9(13-17-18-14(20)19-13)8-4-3-5-10(15)12(8)16-11/h3-7H,1-2H3,(H,18,20). The highest BCUT2D eigenvalue weighted by atomic mass is 32.1. The number of aromatic amines is 1. The highest BCUT2D eigenvalue weighted by molar-refractivity contribution is 7.71. The van der Waals surface area contributed by atoms with Crippen molar-refractivity contribution in [3.05, 3.63) is 40.6 Å². The van der Waals surface area contributed by atoms with Crippen molar-refractivity contribution in [2.24, 2.45) is 0 Å². The lowest BCUT2D eigenvalue weighted by Crippen LogP contribution is -1.97. The summed E-state index contributed by atoms with van der Waals surface area (Å²) in [4.78, 5) is 4.57. The van der Waals surface area contributed by atoms with Crippen molar-refractivity contribution in [2.45, 2.75) is 19.8 Å². The third-order valence-electron chi connectivity index (χ3n) is 3.07. The second-order valence-corrected chi connectivity index (χ2v) is 5.17. The molecule has 2 heterocycles. The Morgan fingerprint density at radius 1 is 1.35 bits per heavy atom. The van der Waals surface area contributed by atoms with E-state index < -0.39 is 0 Å². The molecule has 0 unspecified atom stereocenters. The number of nitrogens with one attached hydrogen (secondary N) is 1. The quantitative estimate of drug-likeness (QED) is 0.718. The van der Waals surface area contributed by atoms with E-state index >= 15 is 0 Å². The van der Waals surface area contributed by atoms with E-state index in [1.807, 2.05) is 19.9 Å². The zero-order valence-electron chi connectivity index (χ0n) is 11.0. The van der Waals surface area contributed by atoms with E-state index in [1.165, 1.54) is 6.07 Å². The summed E-state index contributed by atoms with van der Waals surface area (Å²) in [7, 11) is 0. The number of H-pyrrole nitrogens is 1. The number of benzene rings is 1. The fraction of sp³-hybridized carbons (Fsp3) is 0.214. The van der Waals surface area contributed by atoms with Gasteiger partial charge in [0.05, 0.1) is 5.56 Å². The fourth-order valence-corrected chi connectivity index (χ4v) is 2.18. The summed E-state index contributed by atoms with van der Waals surface area (Å²) >= 11 is 4.89. The van der Waals surface area contributed by atoms with Crippen molar-refractivity contribution in [1.29, 1.82) is 0 Å². The van der Waals surface area contributed by atoms with Gasteiger partial charge < -0.3 is 4.42 Å². The van der Waals surface area contributed by atoms with Crippen LogP contribution in [0.5, 0.6) is 0 Å². The minimum absolute atomic E-state index is 0.166. The SMILES string of the molecule is CC(C)c1cc(-c2n[nH]c(=S)o2)c2cccc(F)c2n1. The average molecular weight is 289 g/mol. The Balaban J connectivity index is 2.39. The van der Waals surface area contributed by atoms with Crippen molar-refractivity contribution < 1.29 is 8.81 Å². The third kappa shape index (κ3) is 2.12. The van der Waals surface area contributed by atoms with E-state index in [1.54, 1.807) is 12.1 Å². The van der Waals surface area contributed by atoms with Crippen molar-refractivity contribution in [3.63, 3.8) is 0 Å². The number of aromatic nitrogens is 3. The number of nitrogens with zero attached hydrogens (tertiary/aromatic N) is 2. The lowest BCUT2D eigenvalue weighted by molar-refractivity contribution is 0.552. The van der Waals surface area contributed by atoms with Gasteiger partial charge in [0.25, 0.3) is 4.84 Å². The molecule has 0 aliphatic rings. The number of hydrogen-bond donors (Lipinski definition) is 1. The van der Waals surface area contributed by atoms with Gasteiger partial charge in [0.15, 0.2) is 0 Å². The smallest absolute Gasteiger partial charge is 0.284 e. The summed E-state index contributed by atoms with van der Waals surface area (Å²) in [6.07, 6.45) is 0. The molecule has 0 spiro atoms. The Morgan fingerprint density at radius 2 is 2.15 bits per heavy atom. The number of pyridine rings is 1. The number of fused-ring (bicyclic) bond motifs is 1. The third-order valence-corrected chi connectivity index (χ3v) is 3.24. The Bertz CT molecular complexity index is 838. The van der Waals surface area contributed by atoms with Crippen molar-refractivity contribution in [1.82, 2.24) is 15.2 Å². The van der Waals surface area contributed by atoms with Crippen molar-refractivity contribution in [2.75, 3.05) is 0 Å². The van der Waals surface area contributed by atoms with Crippen LogP contribution in [0.3, 0.4) is 0 Å². The zero-order chi connectivity index (χ0) is 14.3. The molecular weight excluding hydrogens is 277 g/mol. The van der Waals surface area contributed by atoms with Crippen LogP contribution in [0.15, 0.2) is 28.7 Å². The molecule has 1 aromatic carbocycles. The molecule has 3 rings (SSSR count). The molecule has 0 radical (unpaired) electrons. The van der Waals surface area contributed by atoms with Gasteiger partial charge in [0, 0.05) is 11.1 Å². The summed E-state index contributed by atoms with van der Waals surface area (Å²) < 4.78 is 19.3. The first-order valence-corrected chi connectivity index (χ1v) is 6.62. The van der Waals surface area contributed by atoms with Gasteiger partial charge in [-0.3, -0.25) is 0 Å². The van der Waals surface area contributed by atoms with Crippen LogP contribution in [0.1, 0.15) is 25.5 Å². The molecule has 0 saturated carbocycles. The summed E-state index contributed by atoms with van der Waals surface area (Å²) in [5, 5.41) is 7.25. The summed E-state index contributed by atoms with van der Waals surface area (Å²) in [6, 6.07) is 6.68.